The molecule has 1 aromatic carbocycles. The second-order valence-corrected chi connectivity index (χ2v) is 7.06. The highest BCUT2D eigenvalue weighted by Gasteiger charge is 2.24. The Hall–Kier alpha value is -1.85. The predicted molar refractivity (Wildman–Crippen MR) is 95.0 cm³/mol. The quantitative estimate of drug-likeness (QED) is 0.780. The Labute approximate surface area is 141 Å². The topological polar surface area (TPSA) is 36.4 Å². The number of carbonyl (C=O) groups is 1. The van der Waals surface area contributed by atoms with Crippen molar-refractivity contribution >= 4 is 29.1 Å². The van der Waals surface area contributed by atoms with E-state index in [0.717, 1.165) is 46.4 Å². The van der Waals surface area contributed by atoms with Crippen LogP contribution in [-0.4, -0.2) is 42.9 Å². The average molecular weight is 327 g/mol. The molecular weight excluding hydrogens is 306 g/mol. The predicted octanol–water partition coefficient (Wildman–Crippen LogP) is 3.84. The number of ketones is 1. The van der Waals surface area contributed by atoms with Gasteiger partial charge in [0, 0.05) is 23.2 Å². The van der Waals surface area contributed by atoms with Crippen LogP contribution in [-0.2, 0) is 0 Å². The summed E-state index contributed by atoms with van der Waals surface area (Å²) in [6, 6.07) is 10.0. The molecule has 2 aromatic rings. The van der Waals surface area contributed by atoms with Gasteiger partial charge in [0.2, 0.25) is 0 Å². The molecule has 1 aliphatic heterocycles. The van der Waals surface area contributed by atoms with E-state index in [0.29, 0.717) is 0 Å². The summed E-state index contributed by atoms with van der Waals surface area (Å²) in [5, 5.41) is 0. The van der Waals surface area contributed by atoms with Gasteiger partial charge in [-0.05, 0) is 64.3 Å². The molecule has 0 amide bonds. The molecule has 0 fully saturated rings. The standard InChI is InChI=1S/C18H21N3OS/c1-13(22)14-7-8-15-17(12-14)23-16-6-4-9-19-18(16)21(15)11-5-10-20(2)3/h4,6-9,12H,5,10-11H2,1-3H3. The monoisotopic (exact) mass is 327 g/mol. The average Bonchev–Trinajstić information content (AvgIpc) is 2.53. The van der Waals surface area contributed by atoms with Gasteiger partial charge in [-0.3, -0.25) is 4.79 Å². The van der Waals surface area contributed by atoms with Gasteiger partial charge in [0.05, 0.1) is 10.6 Å². The van der Waals surface area contributed by atoms with Gasteiger partial charge in [0.15, 0.2) is 5.78 Å². The first-order valence-corrected chi connectivity index (χ1v) is 8.58. The van der Waals surface area contributed by atoms with E-state index in [2.05, 4.69) is 34.9 Å². The first-order valence-electron chi connectivity index (χ1n) is 7.76. The van der Waals surface area contributed by atoms with Crippen LogP contribution < -0.4 is 4.90 Å². The highest BCUT2D eigenvalue weighted by molar-refractivity contribution is 7.99. The lowest BCUT2D eigenvalue weighted by Crippen LogP contribution is -2.26. The third-order valence-electron chi connectivity index (χ3n) is 3.87. The fraction of sp³-hybridized carbons (Fsp3) is 0.333. The van der Waals surface area contributed by atoms with Crippen LogP contribution in [0.15, 0.2) is 46.3 Å². The van der Waals surface area contributed by atoms with Crippen molar-refractivity contribution in [2.24, 2.45) is 0 Å². The summed E-state index contributed by atoms with van der Waals surface area (Å²) in [6.45, 7) is 3.56. The van der Waals surface area contributed by atoms with Crippen molar-refractivity contribution in [1.82, 2.24) is 9.88 Å². The van der Waals surface area contributed by atoms with E-state index in [9.17, 15) is 4.79 Å². The normalized spacial score (nSPS) is 13.0. The Morgan fingerprint density at radius 1 is 1.26 bits per heavy atom. The van der Waals surface area contributed by atoms with Crippen molar-refractivity contribution in [3.8, 4) is 0 Å². The number of benzene rings is 1. The molecule has 3 rings (SSSR count). The van der Waals surface area contributed by atoms with E-state index in [-0.39, 0.29) is 5.78 Å². The zero-order chi connectivity index (χ0) is 16.4. The number of nitrogens with zero attached hydrogens (tertiary/aromatic N) is 3. The second kappa shape index (κ2) is 6.72. The van der Waals surface area contributed by atoms with Gasteiger partial charge in [-0.2, -0.15) is 0 Å². The smallest absolute Gasteiger partial charge is 0.159 e. The van der Waals surface area contributed by atoms with Crippen molar-refractivity contribution < 1.29 is 4.79 Å². The first-order chi connectivity index (χ1) is 11.1. The highest BCUT2D eigenvalue weighted by atomic mass is 32.2. The maximum atomic E-state index is 11.7. The lowest BCUT2D eigenvalue weighted by Gasteiger charge is -2.32. The lowest BCUT2D eigenvalue weighted by atomic mass is 10.1. The molecule has 5 heteroatoms. The summed E-state index contributed by atoms with van der Waals surface area (Å²) in [6.07, 6.45) is 2.90. The number of rotatable bonds is 5. The van der Waals surface area contributed by atoms with Crippen LogP contribution in [0.5, 0.6) is 0 Å². The van der Waals surface area contributed by atoms with Gasteiger partial charge in [-0.15, -0.1) is 0 Å². The summed E-state index contributed by atoms with van der Waals surface area (Å²) in [5.41, 5.74) is 1.90. The number of carbonyl (C=O) groups excluding carboxylic acids is 1. The number of fused-ring (bicyclic) bond motifs is 2. The Bertz CT molecular complexity index is 730. The molecule has 0 aliphatic carbocycles. The van der Waals surface area contributed by atoms with Gasteiger partial charge in [-0.25, -0.2) is 4.98 Å². The fourth-order valence-electron chi connectivity index (χ4n) is 2.71. The van der Waals surface area contributed by atoms with Gasteiger partial charge < -0.3 is 9.80 Å². The molecule has 0 bridgehead atoms. The van der Waals surface area contributed by atoms with Crippen LogP contribution in [0, 0.1) is 0 Å². The first kappa shape index (κ1) is 16.0. The fourth-order valence-corrected chi connectivity index (χ4v) is 3.81. The molecule has 0 radical (unpaired) electrons. The summed E-state index contributed by atoms with van der Waals surface area (Å²) >= 11 is 1.69. The zero-order valence-electron chi connectivity index (χ0n) is 13.7. The van der Waals surface area contributed by atoms with E-state index < -0.39 is 0 Å². The molecule has 1 aliphatic rings. The zero-order valence-corrected chi connectivity index (χ0v) is 14.6. The Morgan fingerprint density at radius 2 is 2.09 bits per heavy atom. The van der Waals surface area contributed by atoms with Gasteiger partial charge in [-0.1, -0.05) is 11.8 Å². The van der Waals surface area contributed by atoms with Crippen molar-refractivity contribution in [2.75, 3.05) is 32.1 Å². The van der Waals surface area contributed by atoms with Crippen LogP contribution in [0.2, 0.25) is 0 Å². The number of hydrogen-bond acceptors (Lipinski definition) is 5. The molecule has 0 spiro atoms. The van der Waals surface area contributed by atoms with Crippen LogP contribution >= 0.6 is 11.8 Å². The number of anilines is 2. The second-order valence-electron chi connectivity index (χ2n) is 5.97. The molecule has 2 heterocycles. The number of Topliss-reactive ketones (excluding diaryl/α,β-unsaturated/α-hetero) is 1. The van der Waals surface area contributed by atoms with Gasteiger partial charge in [0.25, 0.3) is 0 Å². The highest BCUT2D eigenvalue weighted by Crippen LogP contribution is 2.47. The summed E-state index contributed by atoms with van der Waals surface area (Å²) in [5.74, 6) is 1.11. The third kappa shape index (κ3) is 3.41. The maximum absolute atomic E-state index is 11.7. The minimum atomic E-state index is 0.101. The SMILES string of the molecule is CC(=O)c1ccc2c(c1)Sc1cccnc1N2CCCN(C)C. The third-order valence-corrected chi connectivity index (χ3v) is 4.96. The number of aromatic nitrogens is 1. The molecule has 0 saturated heterocycles. The number of hydrogen-bond donors (Lipinski definition) is 0. The lowest BCUT2D eigenvalue weighted by molar-refractivity contribution is 0.101. The summed E-state index contributed by atoms with van der Waals surface area (Å²) in [4.78, 5) is 23.0. The van der Waals surface area contributed by atoms with Crippen LogP contribution in [0.25, 0.3) is 0 Å². The van der Waals surface area contributed by atoms with Crippen molar-refractivity contribution in [1.29, 1.82) is 0 Å². The summed E-state index contributed by atoms with van der Waals surface area (Å²) < 4.78 is 0. The molecule has 0 N–H and O–H groups in total. The minimum Gasteiger partial charge on any atom is -0.324 e. The number of pyridine rings is 1. The Balaban J connectivity index is 1.96. The molecule has 0 unspecified atom stereocenters. The maximum Gasteiger partial charge on any atom is 0.159 e. The van der Waals surface area contributed by atoms with E-state index in [1.165, 1.54) is 0 Å². The minimum absolute atomic E-state index is 0.101. The van der Waals surface area contributed by atoms with Crippen molar-refractivity contribution in [3.63, 3.8) is 0 Å². The Kier molecular flexibility index (Phi) is 4.68. The molecule has 23 heavy (non-hydrogen) atoms. The van der Waals surface area contributed by atoms with Gasteiger partial charge in [0.1, 0.15) is 5.82 Å². The van der Waals surface area contributed by atoms with Crippen LogP contribution in [0.4, 0.5) is 11.5 Å². The van der Waals surface area contributed by atoms with E-state index >= 15 is 0 Å². The molecule has 4 nitrogen and oxygen atoms in total. The van der Waals surface area contributed by atoms with Crippen molar-refractivity contribution in [2.45, 2.75) is 23.1 Å². The largest absolute Gasteiger partial charge is 0.324 e. The summed E-state index contributed by atoms with van der Waals surface area (Å²) in [7, 11) is 4.18. The molecule has 1 aromatic heterocycles. The van der Waals surface area contributed by atoms with Crippen LogP contribution in [0.1, 0.15) is 23.7 Å². The molecule has 0 saturated carbocycles. The molecule has 120 valence electrons. The van der Waals surface area contributed by atoms with Crippen molar-refractivity contribution in [3.05, 3.63) is 42.1 Å². The van der Waals surface area contributed by atoms with Gasteiger partial charge >= 0.3 is 0 Å². The molecule has 0 atom stereocenters. The van der Waals surface area contributed by atoms with E-state index in [4.69, 9.17) is 0 Å². The van der Waals surface area contributed by atoms with E-state index in [1.54, 1.807) is 18.7 Å². The molecular formula is C18H21N3OS. The van der Waals surface area contributed by atoms with E-state index in [1.807, 2.05) is 30.5 Å². The van der Waals surface area contributed by atoms with Crippen LogP contribution in [0.3, 0.4) is 0 Å². The Morgan fingerprint density at radius 3 is 2.83 bits per heavy atom.